The number of ether oxygens (including phenoxy) is 1. The molecule has 0 aliphatic rings. The van der Waals surface area contributed by atoms with E-state index in [0.717, 1.165) is 0 Å². The fourth-order valence-electron chi connectivity index (χ4n) is 0.583. The molecule has 0 unspecified atom stereocenters. The van der Waals surface area contributed by atoms with Gasteiger partial charge in [-0.3, -0.25) is 0 Å². The molecule has 0 aromatic heterocycles. The van der Waals surface area contributed by atoms with Gasteiger partial charge in [0.15, 0.2) is 0 Å². The van der Waals surface area contributed by atoms with Crippen molar-refractivity contribution < 1.29 is 13.2 Å². The fraction of sp³-hybridized carbons (Fsp3) is 0.250. The number of rotatable bonds is 1. The molecule has 0 radical (unpaired) electrons. The van der Waals surface area contributed by atoms with E-state index in [1.165, 1.54) is 12.1 Å². The van der Waals surface area contributed by atoms with Crippen molar-refractivity contribution in [3.8, 4) is 0 Å². The normalized spacial score (nSPS) is 10.1. The summed E-state index contributed by atoms with van der Waals surface area (Å²) in [4.78, 5) is 0.136. The summed E-state index contributed by atoms with van der Waals surface area (Å²) in [7, 11) is 4.75. The van der Waals surface area contributed by atoms with Crippen LogP contribution in [-0.4, -0.2) is 22.6 Å². The van der Waals surface area contributed by atoms with Crippen molar-refractivity contribution in [3.63, 3.8) is 0 Å². The van der Waals surface area contributed by atoms with Gasteiger partial charge in [0.25, 0.3) is 9.05 Å². The summed E-state index contributed by atoms with van der Waals surface area (Å²) in [6.45, 7) is 0. The maximum Gasteiger partial charge on any atom is 0.261 e. The summed E-state index contributed by atoms with van der Waals surface area (Å²) in [6.07, 6.45) is 0. The topological polar surface area (TPSA) is 43.4 Å². The van der Waals surface area contributed by atoms with Crippen LogP contribution in [0.5, 0.6) is 0 Å². The summed E-state index contributed by atoms with van der Waals surface area (Å²) < 4.78 is 25.4. The predicted molar refractivity (Wildman–Crippen MR) is 52.4 cm³/mol. The Labute approximate surface area is 82.7 Å². The van der Waals surface area contributed by atoms with E-state index in [2.05, 4.69) is 4.74 Å². The molecule has 0 aliphatic heterocycles. The van der Waals surface area contributed by atoms with Crippen LogP contribution in [0.4, 0.5) is 0 Å². The predicted octanol–water partition coefficient (Wildman–Crippen LogP) is 1.88. The third kappa shape index (κ3) is 5.63. The maximum atomic E-state index is 10.6. The van der Waals surface area contributed by atoms with Crippen molar-refractivity contribution in [2.24, 2.45) is 0 Å². The van der Waals surface area contributed by atoms with Crippen LogP contribution in [0, 0.1) is 0 Å². The lowest BCUT2D eigenvalue weighted by Crippen LogP contribution is -1.87. The summed E-state index contributed by atoms with van der Waals surface area (Å²) in [5, 5.41) is 0. The highest BCUT2D eigenvalue weighted by Gasteiger charge is 2.06. The molecule has 1 aromatic carbocycles. The van der Waals surface area contributed by atoms with E-state index in [4.69, 9.17) is 10.7 Å². The molecule has 0 atom stereocenters. The Kier molecular flexibility index (Phi) is 5.70. The fourth-order valence-corrected chi connectivity index (χ4v) is 1.37. The quantitative estimate of drug-likeness (QED) is 0.682. The minimum Gasteiger partial charge on any atom is -0.388 e. The van der Waals surface area contributed by atoms with Crippen molar-refractivity contribution in [2.45, 2.75) is 4.90 Å². The van der Waals surface area contributed by atoms with Gasteiger partial charge in [-0.2, -0.15) is 0 Å². The molecule has 0 bridgehead atoms. The molecule has 0 heterocycles. The van der Waals surface area contributed by atoms with E-state index in [1.807, 2.05) is 0 Å². The van der Waals surface area contributed by atoms with E-state index >= 15 is 0 Å². The monoisotopic (exact) mass is 222 g/mol. The molecule has 0 spiro atoms. The van der Waals surface area contributed by atoms with Gasteiger partial charge in [-0.1, -0.05) is 18.2 Å². The molecule has 13 heavy (non-hydrogen) atoms. The van der Waals surface area contributed by atoms with Crippen LogP contribution < -0.4 is 0 Å². The van der Waals surface area contributed by atoms with Gasteiger partial charge in [0.2, 0.25) is 0 Å². The molecule has 5 heteroatoms. The van der Waals surface area contributed by atoms with Gasteiger partial charge in [-0.15, -0.1) is 0 Å². The van der Waals surface area contributed by atoms with E-state index < -0.39 is 9.05 Å². The van der Waals surface area contributed by atoms with Gasteiger partial charge in [-0.25, -0.2) is 8.42 Å². The average Bonchev–Trinajstić information content (AvgIpc) is 2.06. The van der Waals surface area contributed by atoms with Crippen molar-refractivity contribution in [1.29, 1.82) is 0 Å². The summed E-state index contributed by atoms with van der Waals surface area (Å²) >= 11 is 0. The van der Waals surface area contributed by atoms with Crippen molar-refractivity contribution in [2.75, 3.05) is 14.2 Å². The van der Waals surface area contributed by atoms with Crippen LogP contribution in [0.15, 0.2) is 35.2 Å². The first-order valence-corrected chi connectivity index (χ1v) is 5.73. The summed E-state index contributed by atoms with van der Waals surface area (Å²) in [5.74, 6) is 0. The molecule has 0 fully saturated rings. The van der Waals surface area contributed by atoms with Crippen LogP contribution in [0.1, 0.15) is 0 Å². The lowest BCUT2D eigenvalue weighted by molar-refractivity contribution is 0.277. The van der Waals surface area contributed by atoms with E-state index in [9.17, 15) is 8.42 Å². The molecular formula is C8H11ClO3S. The highest BCUT2D eigenvalue weighted by Crippen LogP contribution is 2.12. The maximum absolute atomic E-state index is 10.6. The molecule has 0 N–H and O–H groups in total. The molecule has 0 amide bonds. The third-order valence-corrected chi connectivity index (χ3v) is 2.39. The molecule has 0 saturated carbocycles. The minimum atomic E-state index is -3.53. The summed E-state index contributed by atoms with van der Waals surface area (Å²) in [5.41, 5.74) is 0. The van der Waals surface area contributed by atoms with Crippen LogP contribution in [-0.2, 0) is 13.8 Å². The number of halogens is 1. The molecule has 0 saturated heterocycles. The van der Waals surface area contributed by atoms with Gasteiger partial charge in [0.1, 0.15) is 0 Å². The zero-order valence-electron chi connectivity index (χ0n) is 7.40. The first-order valence-electron chi connectivity index (χ1n) is 3.42. The Morgan fingerprint density at radius 2 is 1.54 bits per heavy atom. The molecule has 1 aromatic rings. The highest BCUT2D eigenvalue weighted by atomic mass is 35.7. The van der Waals surface area contributed by atoms with E-state index in [-0.39, 0.29) is 4.90 Å². The number of hydrogen-bond donors (Lipinski definition) is 0. The molecule has 0 aliphatic carbocycles. The average molecular weight is 223 g/mol. The smallest absolute Gasteiger partial charge is 0.261 e. The van der Waals surface area contributed by atoms with Crippen LogP contribution in [0.25, 0.3) is 0 Å². The largest absolute Gasteiger partial charge is 0.388 e. The first-order chi connectivity index (χ1) is 6.02. The number of hydrogen-bond acceptors (Lipinski definition) is 3. The molecule has 1 rings (SSSR count). The Morgan fingerprint density at radius 3 is 1.77 bits per heavy atom. The van der Waals surface area contributed by atoms with Crippen molar-refractivity contribution in [3.05, 3.63) is 30.3 Å². The SMILES string of the molecule is COC.O=S(=O)(Cl)c1ccccc1. The van der Waals surface area contributed by atoms with Gasteiger partial charge in [0.05, 0.1) is 4.90 Å². The number of methoxy groups -OCH3 is 1. The molecule has 74 valence electrons. The van der Waals surface area contributed by atoms with Crippen molar-refractivity contribution in [1.82, 2.24) is 0 Å². The van der Waals surface area contributed by atoms with Crippen LogP contribution in [0.3, 0.4) is 0 Å². The van der Waals surface area contributed by atoms with E-state index in [1.54, 1.807) is 32.4 Å². The standard InChI is InChI=1S/C6H5ClO2S.C2H6O/c7-10(8,9)6-4-2-1-3-5-6;1-3-2/h1-5H;1-2H3. The van der Waals surface area contributed by atoms with Crippen LogP contribution >= 0.6 is 10.7 Å². The second kappa shape index (κ2) is 5.96. The minimum absolute atomic E-state index is 0.136. The Bertz CT molecular complexity index is 321. The number of benzene rings is 1. The molecular weight excluding hydrogens is 212 g/mol. The van der Waals surface area contributed by atoms with Gasteiger partial charge in [0, 0.05) is 24.9 Å². The second-order valence-electron chi connectivity index (χ2n) is 2.16. The zero-order chi connectivity index (χ0) is 10.3. The molecule has 3 nitrogen and oxygen atoms in total. The summed E-state index contributed by atoms with van der Waals surface area (Å²) in [6, 6.07) is 7.86. The Morgan fingerprint density at radius 1 is 1.15 bits per heavy atom. The lowest BCUT2D eigenvalue weighted by Gasteiger charge is -1.91. The Hall–Kier alpha value is -0.580. The van der Waals surface area contributed by atoms with Gasteiger partial charge in [-0.05, 0) is 12.1 Å². The van der Waals surface area contributed by atoms with E-state index in [0.29, 0.717) is 0 Å². The Balaban J connectivity index is 0.000000424. The first kappa shape index (κ1) is 12.4. The lowest BCUT2D eigenvalue weighted by atomic mass is 10.4. The van der Waals surface area contributed by atoms with Crippen molar-refractivity contribution >= 4 is 19.7 Å². The second-order valence-corrected chi connectivity index (χ2v) is 4.73. The third-order valence-electron chi connectivity index (χ3n) is 1.02. The van der Waals surface area contributed by atoms with Gasteiger partial charge < -0.3 is 4.74 Å². The zero-order valence-corrected chi connectivity index (χ0v) is 8.97. The highest BCUT2D eigenvalue weighted by molar-refractivity contribution is 8.13. The van der Waals surface area contributed by atoms with Gasteiger partial charge >= 0.3 is 0 Å². The van der Waals surface area contributed by atoms with Crippen LogP contribution in [0.2, 0.25) is 0 Å².